The molecule has 0 fully saturated rings. The fourth-order valence-electron chi connectivity index (χ4n) is 3.73. The average Bonchev–Trinajstić information content (AvgIpc) is 2.86. The van der Waals surface area contributed by atoms with Gasteiger partial charge in [0.05, 0.1) is 7.11 Å². The van der Waals surface area contributed by atoms with Crippen molar-refractivity contribution in [3.8, 4) is 0 Å². The number of nitrogens with one attached hydrogen (secondary N) is 2. The quantitative estimate of drug-likeness (QED) is 0.379. The molecule has 1 aromatic rings. The number of rotatable bonds is 13. The Labute approximate surface area is 221 Å². The summed E-state index contributed by atoms with van der Waals surface area (Å²) in [4.78, 5) is 53.4. The zero-order valence-corrected chi connectivity index (χ0v) is 23.7. The van der Waals surface area contributed by atoms with Gasteiger partial charge in [-0.1, -0.05) is 64.8 Å². The molecule has 0 aliphatic heterocycles. The van der Waals surface area contributed by atoms with Crippen molar-refractivity contribution in [1.29, 1.82) is 0 Å². The van der Waals surface area contributed by atoms with Crippen molar-refractivity contribution in [3.05, 3.63) is 35.4 Å². The second kappa shape index (κ2) is 15.2. The highest BCUT2D eigenvalue weighted by atomic mass is 16.6. The van der Waals surface area contributed by atoms with Crippen molar-refractivity contribution in [2.75, 3.05) is 20.2 Å². The Kier molecular flexibility index (Phi) is 13.1. The highest BCUT2D eigenvalue weighted by Gasteiger charge is 2.38. The van der Waals surface area contributed by atoms with Gasteiger partial charge in [0.15, 0.2) is 0 Å². The maximum absolute atomic E-state index is 14.1. The van der Waals surface area contributed by atoms with E-state index in [1.807, 2.05) is 52.0 Å². The molecule has 0 aliphatic rings. The van der Waals surface area contributed by atoms with Gasteiger partial charge in [-0.25, -0.2) is 4.79 Å². The summed E-state index contributed by atoms with van der Waals surface area (Å²) in [6.45, 7) is 13.1. The number of benzene rings is 1. The maximum atomic E-state index is 14.1. The van der Waals surface area contributed by atoms with Crippen LogP contribution in [0.3, 0.4) is 0 Å². The van der Waals surface area contributed by atoms with Crippen LogP contribution in [0.2, 0.25) is 0 Å². The zero-order valence-electron chi connectivity index (χ0n) is 23.7. The molecule has 1 rings (SSSR count). The van der Waals surface area contributed by atoms with E-state index >= 15 is 0 Å². The minimum absolute atomic E-state index is 0.217. The lowest BCUT2D eigenvalue weighted by Crippen LogP contribution is -2.55. The van der Waals surface area contributed by atoms with Crippen molar-refractivity contribution in [1.82, 2.24) is 15.5 Å². The molecule has 1 aromatic carbocycles. The number of esters is 1. The van der Waals surface area contributed by atoms with Crippen LogP contribution in [-0.2, 0) is 30.3 Å². The fraction of sp³-hybridized carbons (Fsp3) is 0.643. The van der Waals surface area contributed by atoms with E-state index in [2.05, 4.69) is 15.4 Å². The van der Waals surface area contributed by atoms with Gasteiger partial charge in [0.25, 0.3) is 0 Å². The van der Waals surface area contributed by atoms with Crippen molar-refractivity contribution >= 4 is 23.9 Å². The number of unbranched alkanes of at least 4 members (excludes halogenated alkanes) is 1. The lowest BCUT2D eigenvalue weighted by Gasteiger charge is -2.36. The average molecular weight is 520 g/mol. The van der Waals surface area contributed by atoms with Crippen LogP contribution in [0, 0.1) is 5.92 Å². The van der Waals surface area contributed by atoms with E-state index in [1.54, 1.807) is 20.8 Å². The first-order chi connectivity index (χ1) is 17.4. The number of carbonyl (C=O) groups is 4. The van der Waals surface area contributed by atoms with Gasteiger partial charge in [-0.3, -0.25) is 14.4 Å². The van der Waals surface area contributed by atoms with Gasteiger partial charge in [0, 0.05) is 6.54 Å². The molecule has 0 bridgehead atoms. The molecule has 3 amide bonds. The number of alkyl carbamates (subject to hydrolysis) is 1. The Morgan fingerprint density at radius 1 is 1.03 bits per heavy atom. The Morgan fingerprint density at radius 2 is 1.65 bits per heavy atom. The first kappa shape index (κ1) is 31.9. The lowest BCUT2D eigenvalue weighted by atomic mass is 9.95. The van der Waals surface area contributed by atoms with Crippen molar-refractivity contribution < 1.29 is 28.7 Å². The molecule has 9 heteroatoms. The largest absolute Gasteiger partial charge is 0.468 e. The standard InChI is InChI=1S/C28H45N3O6/c1-9-12-17-31(26(34)23(19(4)10-2)30-27(35)37-28(5,6)7)24(25(33)29-18-22(32)36-8)21-15-13-20(11-3)14-16-21/h13-16,19,23-24H,9-12,17-18H2,1-8H3,(H,29,33)(H,30,35). The number of hydrogen-bond acceptors (Lipinski definition) is 6. The molecule has 0 heterocycles. The topological polar surface area (TPSA) is 114 Å². The summed E-state index contributed by atoms with van der Waals surface area (Å²) in [5.74, 6) is -1.69. The second-order valence-corrected chi connectivity index (χ2v) is 10.2. The van der Waals surface area contributed by atoms with Crippen LogP contribution in [0.4, 0.5) is 4.79 Å². The van der Waals surface area contributed by atoms with E-state index in [-0.39, 0.29) is 18.4 Å². The molecule has 3 unspecified atom stereocenters. The highest BCUT2D eigenvalue weighted by Crippen LogP contribution is 2.26. The number of nitrogens with zero attached hydrogens (tertiary/aromatic N) is 1. The molecule has 0 radical (unpaired) electrons. The monoisotopic (exact) mass is 519 g/mol. The molecule has 0 aliphatic carbocycles. The molecular weight excluding hydrogens is 474 g/mol. The number of ether oxygens (including phenoxy) is 2. The summed E-state index contributed by atoms with van der Waals surface area (Å²) in [6.07, 6.45) is 2.20. The van der Waals surface area contributed by atoms with E-state index in [9.17, 15) is 19.2 Å². The molecular formula is C28H45N3O6. The highest BCUT2D eigenvalue weighted by molar-refractivity contribution is 5.93. The molecule has 3 atom stereocenters. The van der Waals surface area contributed by atoms with Gasteiger partial charge in [-0.15, -0.1) is 0 Å². The van der Waals surface area contributed by atoms with Gasteiger partial charge in [0.1, 0.15) is 24.2 Å². The summed E-state index contributed by atoms with van der Waals surface area (Å²) in [5, 5.41) is 5.35. The summed E-state index contributed by atoms with van der Waals surface area (Å²) >= 11 is 0. The first-order valence-electron chi connectivity index (χ1n) is 13.1. The minimum Gasteiger partial charge on any atom is -0.468 e. The molecule has 0 saturated carbocycles. The van der Waals surface area contributed by atoms with E-state index in [1.165, 1.54) is 12.0 Å². The molecule has 0 saturated heterocycles. The van der Waals surface area contributed by atoms with Crippen molar-refractivity contribution in [3.63, 3.8) is 0 Å². The number of amides is 3. The van der Waals surface area contributed by atoms with Gasteiger partial charge < -0.3 is 25.0 Å². The van der Waals surface area contributed by atoms with E-state index in [4.69, 9.17) is 4.74 Å². The summed E-state index contributed by atoms with van der Waals surface area (Å²) in [6, 6.07) is 5.59. The third kappa shape index (κ3) is 10.4. The molecule has 0 spiro atoms. The minimum atomic E-state index is -0.999. The predicted molar refractivity (Wildman–Crippen MR) is 143 cm³/mol. The molecule has 37 heavy (non-hydrogen) atoms. The van der Waals surface area contributed by atoms with E-state index < -0.39 is 35.7 Å². The van der Waals surface area contributed by atoms with Crippen LogP contribution in [0.25, 0.3) is 0 Å². The van der Waals surface area contributed by atoms with Crippen LogP contribution >= 0.6 is 0 Å². The van der Waals surface area contributed by atoms with Crippen molar-refractivity contribution in [2.24, 2.45) is 5.92 Å². The lowest BCUT2D eigenvalue weighted by molar-refractivity contribution is -0.145. The van der Waals surface area contributed by atoms with Gasteiger partial charge in [-0.05, 0) is 50.7 Å². The van der Waals surface area contributed by atoms with E-state index in [0.717, 1.165) is 18.4 Å². The molecule has 9 nitrogen and oxygen atoms in total. The van der Waals surface area contributed by atoms with Crippen LogP contribution in [0.1, 0.15) is 84.9 Å². The van der Waals surface area contributed by atoms with Gasteiger partial charge in [0.2, 0.25) is 11.8 Å². The van der Waals surface area contributed by atoms with Crippen LogP contribution in [0.15, 0.2) is 24.3 Å². The smallest absolute Gasteiger partial charge is 0.408 e. The van der Waals surface area contributed by atoms with E-state index in [0.29, 0.717) is 24.9 Å². The Morgan fingerprint density at radius 3 is 2.14 bits per heavy atom. The maximum Gasteiger partial charge on any atom is 0.408 e. The third-order valence-corrected chi connectivity index (χ3v) is 6.09. The molecule has 0 aromatic heterocycles. The third-order valence-electron chi connectivity index (χ3n) is 6.09. The van der Waals surface area contributed by atoms with Crippen molar-refractivity contribution in [2.45, 2.75) is 91.8 Å². The summed E-state index contributed by atoms with van der Waals surface area (Å²) < 4.78 is 10.1. The van der Waals surface area contributed by atoms with Gasteiger partial charge in [-0.2, -0.15) is 0 Å². The summed E-state index contributed by atoms with van der Waals surface area (Å²) in [7, 11) is 1.24. The summed E-state index contributed by atoms with van der Waals surface area (Å²) in [5.41, 5.74) is 0.976. The SMILES string of the molecule is CCCCN(C(=O)C(NC(=O)OC(C)(C)C)C(C)CC)C(C(=O)NCC(=O)OC)c1ccc(CC)cc1. The van der Waals surface area contributed by atoms with Crippen LogP contribution in [0.5, 0.6) is 0 Å². The van der Waals surface area contributed by atoms with Gasteiger partial charge >= 0.3 is 12.1 Å². The van der Waals surface area contributed by atoms with Crippen LogP contribution < -0.4 is 10.6 Å². The molecule has 2 N–H and O–H groups in total. The van der Waals surface area contributed by atoms with Crippen LogP contribution in [-0.4, -0.2) is 60.6 Å². The fourth-order valence-corrected chi connectivity index (χ4v) is 3.73. The predicted octanol–water partition coefficient (Wildman–Crippen LogP) is 4.15. The number of aryl methyl sites for hydroxylation is 1. The Bertz CT molecular complexity index is 894. The Hall–Kier alpha value is -3.10. The zero-order chi connectivity index (χ0) is 28.2. The first-order valence-corrected chi connectivity index (χ1v) is 13.1. The number of carbonyl (C=O) groups excluding carboxylic acids is 4. The number of methoxy groups -OCH3 is 1. The Balaban J connectivity index is 3.49. The molecule has 208 valence electrons. The second-order valence-electron chi connectivity index (χ2n) is 10.2. The normalized spacial score (nSPS) is 13.6. The number of hydrogen-bond donors (Lipinski definition) is 2.